The Morgan fingerprint density at radius 1 is 1.38 bits per heavy atom. The van der Waals surface area contributed by atoms with Gasteiger partial charge in [0.15, 0.2) is 0 Å². The van der Waals surface area contributed by atoms with Gasteiger partial charge >= 0.3 is 0 Å². The first-order valence-corrected chi connectivity index (χ1v) is 6.74. The summed E-state index contributed by atoms with van der Waals surface area (Å²) in [5.74, 6) is -0.144. The second-order valence-electron chi connectivity index (χ2n) is 4.80. The van der Waals surface area contributed by atoms with Crippen LogP contribution < -0.4 is 11.1 Å². The molecule has 1 aromatic heterocycles. The molecule has 1 atom stereocenters. The highest BCUT2D eigenvalue weighted by Crippen LogP contribution is 2.11. The Morgan fingerprint density at radius 2 is 2.10 bits per heavy atom. The minimum Gasteiger partial charge on any atom is -0.354 e. The van der Waals surface area contributed by atoms with Crippen LogP contribution >= 0.6 is 12.4 Å². The van der Waals surface area contributed by atoms with Gasteiger partial charge in [0.1, 0.15) is 6.04 Å². The number of nitrogens with zero attached hydrogens (tertiary/aromatic N) is 2. The van der Waals surface area contributed by atoms with Gasteiger partial charge in [-0.15, -0.1) is 12.4 Å². The van der Waals surface area contributed by atoms with Gasteiger partial charge in [-0.05, 0) is 25.0 Å². The standard InChI is InChI=1S/C15H20N4O.ClH/c1-12-4-6-13(7-5-12)14(16)15(20)17-8-2-10-19-11-3-9-18-19;/h3-7,9,11,14H,2,8,10,16H2,1H3,(H,17,20);1H. The zero-order valence-corrected chi connectivity index (χ0v) is 12.8. The van der Waals surface area contributed by atoms with Gasteiger partial charge in [0, 0.05) is 25.5 Å². The van der Waals surface area contributed by atoms with Crippen LogP contribution in [-0.2, 0) is 11.3 Å². The Labute approximate surface area is 130 Å². The van der Waals surface area contributed by atoms with E-state index in [1.165, 1.54) is 0 Å². The van der Waals surface area contributed by atoms with Crippen LogP contribution in [0.15, 0.2) is 42.7 Å². The van der Waals surface area contributed by atoms with Gasteiger partial charge in [-0.1, -0.05) is 29.8 Å². The SMILES string of the molecule is Cc1ccc(C(N)C(=O)NCCCn2cccn2)cc1.Cl. The third kappa shape index (κ3) is 5.21. The molecule has 0 fully saturated rings. The van der Waals surface area contributed by atoms with Gasteiger partial charge < -0.3 is 11.1 Å². The van der Waals surface area contributed by atoms with Crippen LogP contribution in [-0.4, -0.2) is 22.2 Å². The average molecular weight is 309 g/mol. The summed E-state index contributed by atoms with van der Waals surface area (Å²) >= 11 is 0. The number of nitrogens with two attached hydrogens (primary N) is 1. The van der Waals surface area contributed by atoms with E-state index in [1.807, 2.05) is 48.1 Å². The van der Waals surface area contributed by atoms with Crippen LogP contribution in [0.4, 0.5) is 0 Å². The van der Waals surface area contributed by atoms with Gasteiger partial charge in [-0.25, -0.2) is 0 Å². The Bertz CT molecular complexity index is 539. The molecule has 0 radical (unpaired) electrons. The van der Waals surface area contributed by atoms with Crippen molar-refractivity contribution in [3.8, 4) is 0 Å². The molecule has 2 aromatic rings. The molecule has 0 aliphatic rings. The summed E-state index contributed by atoms with van der Waals surface area (Å²) in [5.41, 5.74) is 7.92. The number of hydrogen-bond donors (Lipinski definition) is 2. The second-order valence-corrected chi connectivity index (χ2v) is 4.80. The van der Waals surface area contributed by atoms with Gasteiger partial charge in [-0.3, -0.25) is 9.48 Å². The number of aryl methyl sites for hydroxylation is 2. The predicted octanol–water partition coefficient (Wildman–Crippen LogP) is 1.82. The van der Waals surface area contributed by atoms with Crippen molar-refractivity contribution in [1.82, 2.24) is 15.1 Å². The van der Waals surface area contributed by atoms with Crippen molar-refractivity contribution >= 4 is 18.3 Å². The molecule has 1 amide bonds. The van der Waals surface area contributed by atoms with Gasteiger partial charge in [0.2, 0.25) is 5.91 Å². The molecule has 1 aromatic carbocycles. The molecule has 0 spiro atoms. The maximum atomic E-state index is 11.9. The molecule has 1 unspecified atom stereocenters. The van der Waals surface area contributed by atoms with Gasteiger partial charge in [0.25, 0.3) is 0 Å². The lowest BCUT2D eigenvalue weighted by molar-refractivity contribution is -0.122. The zero-order valence-electron chi connectivity index (χ0n) is 12.0. The summed E-state index contributed by atoms with van der Waals surface area (Å²) in [7, 11) is 0. The van der Waals surface area contributed by atoms with Crippen LogP contribution in [0.2, 0.25) is 0 Å². The molecule has 2 rings (SSSR count). The average Bonchev–Trinajstić information content (AvgIpc) is 2.96. The molecule has 6 heteroatoms. The number of nitrogens with one attached hydrogen (secondary N) is 1. The molecule has 0 saturated carbocycles. The molecule has 1 heterocycles. The number of rotatable bonds is 6. The summed E-state index contributed by atoms with van der Waals surface area (Å²) in [6.45, 7) is 3.38. The molecule has 3 N–H and O–H groups in total. The van der Waals surface area contributed by atoms with Gasteiger partial charge in [-0.2, -0.15) is 5.10 Å². The molecule has 5 nitrogen and oxygen atoms in total. The third-order valence-electron chi connectivity index (χ3n) is 3.14. The Hall–Kier alpha value is -1.85. The van der Waals surface area contributed by atoms with E-state index >= 15 is 0 Å². The van der Waals surface area contributed by atoms with Crippen LogP contribution in [0.1, 0.15) is 23.6 Å². The molecule has 114 valence electrons. The largest absolute Gasteiger partial charge is 0.354 e. The molecule has 0 bridgehead atoms. The van der Waals surface area contributed by atoms with Crippen molar-refractivity contribution in [3.05, 3.63) is 53.9 Å². The number of amides is 1. The first kappa shape index (κ1) is 17.2. The molecule has 0 saturated heterocycles. The lowest BCUT2D eigenvalue weighted by atomic mass is 10.1. The summed E-state index contributed by atoms with van der Waals surface area (Å²) in [4.78, 5) is 11.9. The first-order chi connectivity index (χ1) is 9.66. The maximum Gasteiger partial charge on any atom is 0.241 e. The number of carbonyl (C=O) groups is 1. The number of aromatic nitrogens is 2. The third-order valence-corrected chi connectivity index (χ3v) is 3.14. The van der Waals surface area contributed by atoms with Crippen molar-refractivity contribution < 1.29 is 4.79 Å². The highest BCUT2D eigenvalue weighted by Gasteiger charge is 2.14. The Morgan fingerprint density at radius 3 is 2.71 bits per heavy atom. The van der Waals surface area contributed by atoms with Crippen LogP contribution in [0, 0.1) is 6.92 Å². The highest BCUT2D eigenvalue weighted by molar-refractivity contribution is 5.85. The van der Waals surface area contributed by atoms with Crippen molar-refractivity contribution in [2.75, 3.05) is 6.54 Å². The molecule has 21 heavy (non-hydrogen) atoms. The van der Waals surface area contributed by atoms with Crippen molar-refractivity contribution in [3.63, 3.8) is 0 Å². The van der Waals surface area contributed by atoms with Crippen molar-refractivity contribution in [2.45, 2.75) is 25.9 Å². The van der Waals surface area contributed by atoms with E-state index in [1.54, 1.807) is 6.20 Å². The van der Waals surface area contributed by atoms with E-state index in [0.29, 0.717) is 6.54 Å². The number of halogens is 1. The molecular formula is C15H21ClN4O. The summed E-state index contributed by atoms with van der Waals surface area (Å²) < 4.78 is 1.84. The zero-order chi connectivity index (χ0) is 14.4. The maximum absolute atomic E-state index is 11.9. The fourth-order valence-electron chi connectivity index (χ4n) is 1.92. The number of hydrogen-bond acceptors (Lipinski definition) is 3. The van der Waals surface area contributed by atoms with Crippen LogP contribution in [0.3, 0.4) is 0 Å². The predicted molar refractivity (Wildman–Crippen MR) is 85.2 cm³/mol. The fraction of sp³-hybridized carbons (Fsp3) is 0.333. The van der Waals surface area contributed by atoms with Crippen molar-refractivity contribution in [2.24, 2.45) is 5.73 Å². The van der Waals surface area contributed by atoms with Crippen molar-refractivity contribution in [1.29, 1.82) is 0 Å². The fourth-order valence-corrected chi connectivity index (χ4v) is 1.92. The number of benzene rings is 1. The van der Waals surface area contributed by atoms with E-state index < -0.39 is 6.04 Å². The smallest absolute Gasteiger partial charge is 0.241 e. The molecular weight excluding hydrogens is 288 g/mol. The van der Waals surface area contributed by atoms with Crippen LogP contribution in [0.25, 0.3) is 0 Å². The highest BCUT2D eigenvalue weighted by atomic mass is 35.5. The quantitative estimate of drug-likeness (QED) is 0.800. The second kappa shape index (κ2) is 8.44. The van der Waals surface area contributed by atoms with Gasteiger partial charge in [0.05, 0.1) is 0 Å². The Balaban J connectivity index is 0.00000220. The Kier molecular flexibility index (Phi) is 6.91. The normalized spacial score (nSPS) is 11.5. The summed E-state index contributed by atoms with van der Waals surface area (Å²) in [5, 5.41) is 6.96. The number of carbonyl (C=O) groups excluding carboxylic acids is 1. The monoisotopic (exact) mass is 308 g/mol. The van der Waals surface area contributed by atoms with E-state index in [2.05, 4.69) is 10.4 Å². The first-order valence-electron chi connectivity index (χ1n) is 6.74. The van der Waals surface area contributed by atoms with E-state index in [-0.39, 0.29) is 18.3 Å². The minimum atomic E-state index is -0.611. The molecule has 0 aliphatic carbocycles. The van der Waals surface area contributed by atoms with Crippen LogP contribution in [0.5, 0.6) is 0 Å². The lowest BCUT2D eigenvalue weighted by Gasteiger charge is -2.12. The summed E-state index contributed by atoms with van der Waals surface area (Å²) in [6.07, 6.45) is 4.47. The van der Waals surface area contributed by atoms with E-state index in [9.17, 15) is 4.79 Å². The lowest BCUT2D eigenvalue weighted by Crippen LogP contribution is -2.34. The topological polar surface area (TPSA) is 72.9 Å². The minimum absolute atomic E-state index is 0. The van der Waals surface area contributed by atoms with E-state index in [0.717, 1.165) is 24.1 Å². The molecule has 0 aliphatic heterocycles. The van der Waals surface area contributed by atoms with E-state index in [4.69, 9.17) is 5.73 Å². The summed E-state index contributed by atoms with van der Waals surface area (Å²) in [6, 6.07) is 8.97.